The average Bonchev–Trinajstić information content (AvgIpc) is 3.40. The van der Waals surface area contributed by atoms with Gasteiger partial charge in [0, 0.05) is 18.2 Å². The van der Waals surface area contributed by atoms with Crippen LogP contribution in [0.4, 0.5) is 0 Å². The van der Waals surface area contributed by atoms with Gasteiger partial charge in [-0.3, -0.25) is 0 Å². The molecule has 0 N–H and O–H groups in total. The second-order valence-corrected chi connectivity index (χ2v) is 9.03. The highest BCUT2D eigenvalue weighted by molar-refractivity contribution is 7.90. The van der Waals surface area contributed by atoms with Crippen molar-refractivity contribution in [3.05, 3.63) is 54.1 Å². The number of halogens is 1. The van der Waals surface area contributed by atoms with Crippen LogP contribution in [-0.2, 0) is 14.8 Å². The Balaban J connectivity index is 1.70. The van der Waals surface area contributed by atoms with Crippen LogP contribution in [0.2, 0.25) is 5.28 Å². The first-order valence-corrected chi connectivity index (χ1v) is 11.2. The van der Waals surface area contributed by atoms with Crippen LogP contribution in [0.15, 0.2) is 53.7 Å². The largest absolute Gasteiger partial charge is 0.355 e. The molecule has 1 aliphatic heterocycles. The normalized spacial score (nSPS) is 17.4. The van der Waals surface area contributed by atoms with Gasteiger partial charge in [-0.1, -0.05) is 18.2 Å². The van der Waals surface area contributed by atoms with Crippen molar-refractivity contribution in [3.8, 4) is 11.4 Å². The Bertz CT molecular complexity index is 1310. The summed E-state index contributed by atoms with van der Waals surface area (Å²) in [6.45, 7) is 0.651. The molecule has 0 spiro atoms. The van der Waals surface area contributed by atoms with E-state index >= 15 is 0 Å². The molecule has 1 fully saturated rings. The molecule has 1 atom stereocenters. The Hall–Kier alpha value is -2.82. The zero-order valence-electron chi connectivity index (χ0n) is 15.7. The van der Waals surface area contributed by atoms with Crippen molar-refractivity contribution in [2.24, 2.45) is 0 Å². The Morgan fingerprint density at radius 2 is 1.97 bits per heavy atom. The van der Waals surface area contributed by atoms with Gasteiger partial charge in [0.05, 0.1) is 16.8 Å². The smallest absolute Gasteiger partial charge is 0.269 e. The van der Waals surface area contributed by atoms with Gasteiger partial charge in [-0.05, 0) is 49.1 Å². The third kappa shape index (κ3) is 3.26. The Morgan fingerprint density at radius 3 is 2.73 bits per heavy atom. The maximum absolute atomic E-state index is 13.5. The van der Waals surface area contributed by atoms with Gasteiger partial charge >= 0.3 is 0 Å². The van der Waals surface area contributed by atoms with Gasteiger partial charge in [0.1, 0.15) is 5.69 Å². The summed E-state index contributed by atoms with van der Waals surface area (Å²) in [6, 6.07) is 9.81. The minimum atomic E-state index is -3.97. The van der Waals surface area contributed by atoms with Gasteiger partial charge in [0.15, 0.2) is 11.9 Å². The van der Waals surface area contributed by atoms with E-state index in [1.54, 1.807) is 24.3 Å². The van der Waals surface area contributed by atoms with E-state index < -0.39 is 10.0 Å². The molecule has 0 saturated carbocycles. The lowest BCUT2D eigenvalue weighted by atomic mass is 10.2. The third-order valence-corrected chi connectivity index (χ3v) is 6.84. The van der Waals surface area contributed by atoms with Crippen LogP contribution in [0.25, 0.3) is 22.4 Å². The molecule has 9 nitrogen and oxygen atoms in total. The average molecular weight is 445 g/mol. The van der Waals surface area contributed by atoms with Crippen LogP contribution in [0.5, 0.6) is 0 Å². The van der Waals surface area contributed by atoms with E-state index in [1.807, 2.05) is 0 Å². The molecule has 0 aliphatic carbocycles. The van der Waals surface area contributed by atoms with Crippen LogP contribution in [0, 0.1) is 0 Å². The molecular weight excluding hydrogens is 428 g/mol. The summed E-state index contributed by atoms with van der Waals surface area (Å²) in [5.74, 6) is 0. The maximum Gasteiger partial charge on any atom is 0.269 e. The SMILES string of the molecule is O=S(=O)(c1ccccc1)n1c(-c2cnn(C3CCCCO3)n2)cc2cnc(Cl)nc21. The van der Waals surface area contributed by atoms with E-state index in [0.717, 1.165) is 23.2 Å². The number of rotatable bonds is 4. The second kappa shape index (κ2) is 7.46. The van der Waals surface area contributed by atoms with Crippen molar-refractivity contribution < 1.29 is 13.2 Å². The van der Waals surface area contributed by atoms with Gasteiger partial charge in [-0.2, -0.15) is 14.9 Å². The lowest BCUT2D eigenvalue weighted by molar-refractivity contribution is -0.0479. The number of nitrogens with zero attached hydrogens (tertiary/aromatic N) is 6. The summed E-state index contributed by atoms with van der Waals surface area (Å²) in [6.07, 6.45) is 5.59. The predicted molar refractivity (Wildman–Crippen MR) is 109 cm³/mol. The van der Waals surface area contributed by atoms with Crippen molar-refractivity contribution in [3.63, 3.8) is 0 Å². The summed E-state index contributed by atoms with van der Waals surface area (Å²) in [7, 11) is -3.97. The summed E-state index contributed by atoms with van der Waals surface area (Å²) in [5.41, 5.74) is 0.891. The second-order valence-electron chi connectivity index (χ2n) is 6.90. The van der Waals surface area contributed by atoms with Crippen molar-refractivity contribution in [1.82, 2.24) is 28.9 Å². The molecule has 1 aromatic carbocycles. The monoisotopic (exact) mass is 444 g/mol. The number of hydrogen-bond donors (Lipinski definition) is 0. The van der Waals surface area contributed by atoms with Crippen LogP contribution in [0.3, 0.4) is 0 Å². The van der Waals surface area contributed by atoms with Crippen molar-refractivity contribution in [2.75, 3.05) is 6.61 Å². The standard InChI is InChI=1S/C19H17ClN6O3S/c20-19-21-11-13-10-16(15-12-22-26(24-15)17-8-4-5-9-29-17)25(18(13)23-19)30(27,28)14-6-2-1-3-7-14/h1-3,6-7,10-12,17H,4-5,8-9H2. The highest BCUT2D eigenvalue weighted by Crippen LogP contribution is 2.31. The molecule has 1 unspecified atom stereocenters. The number of benzene rings is 1. The quantitative estimate of drug-likeness (QED) is 0.445. The van der Waals surface area contributed by atoms with Gasteiger partial charge in [-0.25, -0.2) is 17.4 Å². The van der Waals surface area contributed by atoms with E-state index in [0.29, 0.717) is 23.4 Å². The lowest BCUT2D eigenvalue weighted by Crippen LogP contribution is -2.20. The maximum atomic E-state index is 13.5. The molecule has 0 amide bonds. The first-order chi connectivity index (χ1) is 14.5. The van der Waals surface area contributed by atoms with Crippen LogP contribution in [-0.4, -0.2) is 44.0 Å². The van der Waals surface area contributed by atoms with Crippen LogP contribution in [0.1, 0.15) is 25.5 Å². The Labute approximate surface area is 177 Å². The van der Waals surface area contributed by atoms with Crippen LogP contribution >= 0.6 is 11.6 Å². The fourth-order valence-corrected chi connectivity index (χ4v) is 5.12. The highest BCUT2D eigenvalue weighted by Gasteiger charge is 2.27. The molecule has 0 radical (unpaired) electrons. The molecular formula is C19H17ClN6O3S. The zero-order chi connectivity index (χ0) is 20.7. The molecule has 3 aromatic heterocycles. The first-order valence-electron chi connectivity index (χ1n) is 9.42. The topological polar surface area (TPSA) is 105 Å². The summed E-state index contributed by atoms with van der Waals surface area (Å²) >= 11 is 5.97. The highest BCUT2D eigenvalue weighted by atomic mass is 35.5. The van der Waals surface area contributed by atoms with E-state index in [1.165, 1.54) is 29.3 Å². The van der Waals surface area contributed by atoms with E-state index in [9.17, 15) is 8.42 Å². The van der Waals surface area contributed by atoms with E-state index in [2.05, 4.69) is 20.2 Å². The van der Waals surface area contributed by atoms with Gasteiger partial charge in [0.25, 0.3) is 10.0 Å². The molecule has 1 saturated heterocycles. The number of fused-ring (bicyclic) bond motifs is 1. The molecule has 30 heavy (non-hydrogen) atoms. The zero-order valence-corrected chi connectivity index (χ0v) is 17.3. The molecule has 0 bridgehead atoms. The summed E-state index contributed by atoms with van der Waals surface area (Å²) in [5, 5.41) is 9.29. The predicted octanol–water partition coefficient (Wildman–Crippen LogP) is 3.28. The van der Waals surface area contributed by atoms with Crippen molar-refractivity contribution >= 4 is 32.7 Å². The molecule has 11 heteroatoms. The van der Waals surface area contributed by atoms with Crippen LogP contribution < -0.4 is 0 Å². The number of hydrogen-bond acceptors (Lipinski definition) is 7. The third-order valence-electron chi connectivity index (χ3n) is 4.94. The molecule has 4 aromatic rings. The minimum absolute atomic E-state index is 0.0454. The molecule has 1 aliphatic rings. The summed E-state index contributed by atoms with van der Waals surface area (Å²) < 4.78 is 33.9. The van der Waals surface area contributed by atoms with E-state index in [4.69, 9.17) is 16.3 Å². The molecule has 4 heterocycles. The van der Waals surface area contributed by atoms with Gasteiger partial charge in [-0.15, -0.1) is 5.10 Å². The number of aromatic nitrogens is 6. The molecule has 154 valence electrons. The Morgan fingerprint density at radius 1 is 1.13 bits per heavy atom. The lowest BCUT2D eigenvalue weighted by Gasteiger charge is -2.21. The Kier molecular flexibility index (Phi) is 4.76. The first kappa shape index (κ1) is 19.2. The fourth-order valence-electron chi connectivity index (χ4n) is 3.50. The van der Waals surface area contributed by atoms with E-state index in [-0.39, 0.29) is 22.1 Å². The fraction of sp³-hybridized carbons (Fsp3) is 0.263. The summed E-state index contributed by atoms with van der Waals surface area (Å²) in [4.78, 5) is 9.76. The molecule has 5 rings (SSSR count). The van der Waals surface area contributed by atoms with Crippen molar-refractivity contribution in [2.45, 2.75) is 30.4 Å². The van der Waals surface area contributed by atoms with Gasteiger partial charge < -0.3 is 4.74 Å². The minimum Gasteiger partial charge on any atom is -0.355 e. The van der Waals surface area contributed by atoms with Crippen molar-refractivity contribution in [1.29, 1.82) is 0 Å². The van der Waals surface area contributed by atoms with Gasteiger partial charge in [0.2, 0.25) is 5.28 Å². The number of ether oxygens (including phenoxy) is 1.